The largest absolute Gasteiger partial charge is 0.368 e. The highest BCUT2D eigenvalue weighted by molar-refractivity contribution is 5.96. The number of rotatable bonds is 23. The Morgan fingerprint density at radius 3 is 1.68 bits per heavy atom. The van der Waals surface area contributed by atoms with Crippen LogP contribution in [0.2, 0.25) is 0 Å². The molecule has 2 aromatic rings. The standard InChI is InChI=1S/C46H67N9O8/c1-27(2)24-34(42(59)52-36(26-33-18-13-10-14-19-33)43(60)53-38(28(3)4)40(47)57)48-21-22-49-45(62)37-20-15-23-55(37)46(63)39(29(5)6)54-44(61)35(25-32-16-11-9-12-17-32)51-41(58)30(7)50-31(8)56/h9-14,16-19,21,27-30,34-39H,15,20,22-26H2,1-8H3,(H2,47,57)(H,49,62)(H,50,56)(H,51,58)(H,52,59)(H,53,60)(H,54,61)/t30-,34-,35-,36-,37+,38-,39-/m0/s1. The highest BCUT2D eigenvalue weighted by Gasteiger charge is 2.39. The second kappa shape index (κ2) is 25.1. The van der Waals surface area contributed by atoms with E-state index < -0.39 is 89.6 Å². The third-order valence-electron chi connectivity index (χ3n) is 10.6. The van der Waals surface area contributed by atoms with E-state index in [2.05, 4.69) is 36.9 Å². The topological polar surface area (TPSA) is 250 Å². The van der Waals surface area contributed by atoms with Crippen LogP contribution in [-0.4, -0.2) is 114 Å². The van der Waals surface area contributed by atoms with Crippen molar-refractivity contribution in [3.8, 4) is 0 Å². The number of hydrogen-bond donors (Lipinski definition) is 7. The lowest BCUT2D eigenvalue weighted by atomic mass is 10.00. The van der Waals surface area contributed by atoms with Gasteiger partial charge in [0.05, 0.1) is 6.54 Å². The molecule has 1 aliphatic heterocycles. The van der Waals surface area contributed by atoms with Gasteiger partial charge in [-0.15, -0.1) is 0 Å². The molecule has 1 heterocycles. The first-order valence-electron chi connectivity index (χ1n) is 21.7. The number of nitrogens with one attached hydrogen (secondary N) is 6. The van der Waals surface area contributed by atoms with Crippen LogP contribution >= 0.6 is 0 Å². The number of nitrogens with two attached hydrogens (primary N) is 1. The van der Waals surface area contributed by atoms with Gasteiger partial charge in [-0.05, 0) is 55.1 Å². The number of nitrogens with zero attached hydrogens (tertiary/aromatic N) is 2. The molecule has 0 radical (unpaired) electrons. The molecule has 63 heavy (non-hydrogen) atoms. The zero-order valence-electron chi connectivity index (χ0n) is 37.8. The van der Waals surface area contributed by atoms with Crippen LogP contribution in [0.15, 0.2) is 65.7 Å². The van der Waals surface area contributed by atoms with Gasteiger partial charge in [0.25, 0.3) is 0 Å². The van der Waals surface area contributed by atoms with Crippen molar-refractivity contribution in [1.29, 1.82) is 0 Å². The Morgan fingerprint density at radius 2 is 1.21 bits per heavy atom. The van der Waals surface area contributed by atoms with E-state index in [-0.39, 0.29) is 43.7 Å². The number of aliphatic imine (C=N–C) groups is 1. The van der Waals surface area contributed by atoms with E-state index >= 15 is 0 Å². The number of carbonyl (C=O) groups excluding carboxylic acids is 8. The van der Waals surface area contributed by atoms with Crippen LogP contribution in [0.25, 0.3) is 0 Å². The highest BCUT2D eigenvalue weighted by atomic mass is 16.2. The minimum Gasteiger partial charge on any atom is -0.368 e. The van der Waals surface area contributed by atoms with Crippen molar-refractivity contribution in [2.75, 3.05) is 13.1 Å². The summed E-state index contributed by atoms with van der Waals surface area (Å²) < 4.78 is 0. The Kier molecular flexibility index (Phi) is 20.4. The van der Waals surface area contributed by atoms with Crippen LogP contribution in [0.4, 0.5) is 0 Å². The summed E-state index contributed by atoms with van der Waals surface area (Å²) in [4.78, 5) is 111. The molecule has 0 aliphatic carbocycles. The van der Waals surface area contributed by atoms with Gasteiger partial charge in [-0.2, -0.15) is 0 Å². The third kappa shape index (κ3) is 16.6. The molecule has 0 bridgehead atoms. The van der Waals surface area contributed by atoms with E-state index in [9.17, 15) is 38.4 Å². The van der Waals surface area contributed by atoms with Crippen molar-refractivity contribution in [3.05, 3.63) is 71.8 Å². The van der Waals surface area contributed by atoms with Crippen molar-refractivity contribution in [2.45, 2.75) is 130 Å². The molecule has 1 saturated heterocycles. The van der Waals surface area contributed by atoms with Gasteiger partial charge in [0.15, 0.2) is 0 Å². The Bertz CT molecular complexity index is 1910. The summed E-state index contributed by atoms with van der Waals surface area (Å²) in [6, 6.07) is 11.5. The molecular weight excluding hydrogens is 807 g/mol. The number of amides is 8. The second-order valence-electron chi connectivity index (χ2n) is 17.2. The number of carbonyl (C=O) groups is 8. The molecule has 0 aromatic heterocycles. The lowest BCUT2D eigenvalue weighted by Crippen LogP contribution is -2.59. The second-order valence-corrected chi connectivity index (χ2v) is 17.2. The maximum Gasteiger partial charge on any atom is 0.246 e. The molecule has 2 aromatic carbocycles. The fraction of sp³-hybridized carbons (Fsp3) is 0.543. The maximum absolute atomic E-state index is 14.1. The molecule has 17 nitrogen and oxygen atoms in total. The summed E-state index contributed by atoms with van der Waals surface area (Å²) >= 11 is 0. The number of primary amides is 1. The molecule has 0 unspecified atom stereocenters. The first kappa shape index (κ1) is 51.2. The van der Waals surface area contributed by atoms with Crippen molar-refractivity contribution >= 4 is 53.5 Å². The zero-order valence-corrected chi connectivity index (χ0v) is 37.8. The van der Waals surface area contributed by atoms with E-state index in [1.165, 1.54) is 25.0 Å². The molecule has 1 fully saturated rings. The molecule has 1 aliphatic rings. The molecular formula is C46H67N9O8. The summed E-state index contributed by atoms with van der Waals surface area (Å²) in [7, 11) is 0. The molecule has 7 atom stereocenters. The summed E-state index contributed by atoms with van der Waals surface area (Å²) in [5.41, 5.74) is 7.11. The fourth-order valence-corrected chi connectivity index (χ4v) is 7.25. The quantitative estimate of drug-likeness (QED) is 0.0801. The van der Waals surface area contributed by atoms with E-state index in [0.29, 0.717) is 19.3 Å². The number of hydrogen-bond acceptors (Lipinski definition) is 9. The molecule has 344 valence electrons. The molecule has 8 N–H and O–H groups in total. The maximum atomic E-state index is 14.1. The van der Waals surface area contributed by atoms with Gasteiger partial charge >= 0.3 is 0 Å². The van der Waals surface area contributed by atoms with Gasteiger partial charge in [-0.1, -0.05) is 102 Å². The Balaban J connectivity index is 1.71. The van der Waals surface area contributed by atoms with Crippen LogP contribution in [-0.2, 0) is 51.2 Å². The average molecular weight is 874 g/mol. The molecule has 17 heteroatoms. The van der Waals surface area contributed by atoms with Gasteiger partial charge in [0.2, 0.25) is 47.3 Å². The van der Waals surface area contributed by atoms with Crippen LogP contribution in [0.5, 0.6) is 0 Å². The molecule has 8 amide bonds. The van der Waals surface area contributed by atoms with E-state index in [1.807, 2.05) is 62.4 Å². The van der Waals surface area contributed by atoms with Crippen molar-refractivity contribution < 1.29 is 38.4 Å². The minimum absolute atomic E-state index is 0.0405. The van der Waals surface area contributed by atoms with Crippen molar-refractivity contribution in [2.24, 2.45) is 28.5 Å². The van der Waals surface area contributed by atoms with Crippen LogP contribution < -0.4 is 37.6 Å². The van der Waals surface area contributed by atoms with Gasteiger partial charge < -0.3 is 42.5 Å². The molecule has 3 rings (SSSR count). The Hall–Kier alpha value is -6.13. The summed E-state index contributed by atoms with van der Waals surface area (Å²) in [6.45, 7) is 13.9. The monoisotopic (exact) mass is 874 g/mol. The third-order valence-corrected chi connectivity index (χ3v) is 10.6. The van der Waals surface area contributed by atoms with Crippen LogP contribution in [0.3, 0.4) is 0 Å². The predicted molar refractivity (Wildman–Crippen MR) is 240 cm³/mol. The van der Waals surface area contributed by atoms with Gasteiger partial charge in [-0.3, -0.25) is 43.3 Å². The Morgan fingerprint density at radius 1 is 0.698 bits per heavy atom. The summed E-state index contributed by atoms with van der Waals surface area (Å²) in [5, 5.41) is 16.4. The lowest BCUT2D eigenvalue weighted by molar-refractivity contribution is -0.142. The van der Waals surface area contributed by atoms with Crippen LogP contribution in [0, 0.1) is 17.8 Å². The zero-order chi connectivity index (χ0) is 46.8. The SMILES string of the molecule is CC(=O)N[C@@H](C)C(=O)N[C@@H](Cc1ccccc1)C(=O)N[C@H](C(=O)N1CCC[C@@H]1C(=O)NCC=N[C@@H](CC(C)C)C(=O)N[C@@H](Cc1ccccc1)C(=O)N[C@H](C(N)=O)C(C)C)C(C)C. The molecule has 0 saturated carbocycles. The van der Waals surface area contributed by atoms with Crippen molar-refractivity contribution in [1.82, 2.24) is 36.8 Å². The summed E-state index contributed by atoms with van der Waals surface area (Å²) in [5.74, 6) is -4.83. The molecule has 0 spiro atoms. The average Bonchev–Trinajstić information content (AvgIpc) is 3.72. The smallest absolute Gasteiger partial charge is 0.246 e. The van der Waals surface area contributed by atoms with E-state index in [0.717, 1.165) is 11.1 Å². The van der Waals surface area contributed by atoms with Gasteiger partial charge in [0, 0.05) is 32.5 Å². The first-order valence-corrected chi connectivity index (χ1v) is 21.7. The van der Waals surface area contributed by atoms with Crippen molar-refractivity contribution in [3.63, 3.8) is 0 Å². The number of benzene rings is 2. The predicted octanol–water partition coefficient (Wildman–Crippen LogP) is 1.33. The highest BCUT2D eigenvalue weighted by Crippen LogP contribution is 2.21. The van der Waals surface area contributed by atoms with E-state index in [4.69, 9.17) is 5.73 Å². The first-order chi connectivity index (χ1) is 29.8. The fourth-order valence-electron chi connectivity index (χ4n) is 7.25. The summed E-state index contributed by atoms with van der Waals surface area (Å²) in [6.07, 6.45) is 2.97. The van der Waals surface area contributed by atoms with Gasteiger partial charge in [-0.25, -0.2) is 0 Å². The normalized spacial score (nSPS) is 16.7. The number of likely N-dealkylation sites (tertiary alicyclic amines) is 1. The van der Waals surface area contributed by atoms with Crippen LogP contribution in [0.1, 0.15) is 85.8 Å². The lowest BCUT2D eigenvalue weighted by Gasteiger charge is -2.31. The minimum atomic E-state index is -1.07. The van der Waals surface area contributed by atoms with E-state index in [1.54, 1.807) is 39.8 Å². The Labute approximate surface area is 370 Å². The van der Waals surface area contributed by atoms with Gasteiger partial charge in [0.1, 0.15) is 42.3 Å².